The maximum absolute atomic E-state index is 12.3. The first-order valence-corrected chi connectivity index (χ1v) is 7.12. The molecule has 4 nitrogen and oxygen atoms in total. The molecule has 0 bridgehead atoms. The molecule has 0 heterocycles. The third kappa shape index (κ3) is 3.40. The number of nitrogens with one attached hydrogen (secondary N) is 1. The number of nitrogens with two attached hydrogens (primary N) is 1. The first-order valence-electron chi connectivity index (χ1n) is 7.12. The van der Waals surface area contributed by atoms with Crippen LogP contribution in [0.25, 0.3) is 10.8 Å². The third-order valence-electron chi connectivity index (χ3n) is 3.82. The standard InChI is InChI=1S/C17H20N2O2/c1-3-11(2)15(16(18)20)19-17(21)14-9-8-12-6-4-5-7-13(12)10-14/h4-11,15H,3H2,1-2H3,(H2,18,20)(H,19,21)/t11-,15+/m1/s1. The van der Waals surface area contributed by atoms with Crippen LogP contribution in [0.15, 0.2) is 42.5 Å². The highest BCUT2D eigenvalue weighted by Crippen LogP contribution is 2.16. The van der Waals surface area contributed by atoms with Crippen LogP contribution in [0.2, 0.25) is 0 Å². The molecule has 0 unspecified atom stereocenters. The molecule has 0 fully saturated rings. The topological polar surface area (TPSA) is 72.2 Å². The number of hydrogen-bond donors (Lipinski definition) is 2. The van der Waals surface area contributed by atoms with Crippen LogP contribution < -0.4 is 11.1 Å². The second kappa shape index (κ2) is 6.39. The summed E-state index contributed by atoms with van der Waals surface area (Å²) in [6.45, 7) is 3.86. The minimum Gasteiger partial charge on any atom is -0.368 e. The summed E-state index contributed by atoms with van der Waals surface area (Å²) in [7, 11) is 0. The normalized spacial score (nSPS) is 13.6. The molecule has 2 amide bonds. The molecule has 2 aromatic carbocycles. The lowest BCUT2D eigenvalue weighted by molar-refractivity contribution is -0.120. The van der Waals surface area contributed by atoms with Crippen LogP contribution in [0.4, 0.5) is 0 Å². The van der Waals surface area contributed by atoms with E-state index in [1.165, 1.54) is 0 Å². The molecule has 0 aliphatic rings. The van der Waals surface area contributed by atoms with Crippen LogP contribution in [0, 0.1) is 5.92 Å². The van der Waals surface area contributed by atoms with Gasteiger partial charge in [0.15, 0.2) is 0 Å². The molecular weight excluding hydrogens is 264 g/mol. The number of primary amides is 1. The van der Waals surface area contributed by atoms with Crippen molar-refractivity contribution in [3.63, 3.8) is 0 Å². The highest BCUT2D eigenvalue weighted by atomic mass is 16.2. The quantitative estimate of drug-likeness (QED) is 0.885. The van der Waals surface area contributed by atoms with Gasteiger partial charge in [-0.15, -0.1) is 0 Å². The Morgan fingerprint density at radius 2 is 1.81 bits per heavy atom. The summed E-state index contributed by atoms with van der Waals surface area (Å²) in [5, 5.41) is 4.80. The molecule has 0 aliphatic carbocycles. The Morgan fingerprint density at radius 3 is 2.43 bits per heavy atom. The van der Waals surface area contributed by atoms with Crippen molar-refractivity contribution in [1.82, 2.24) is 5.32 Å². The fraction of sp³-hybridized carbons (Fsp3) is 0.294. The molecule has 0 aliphatic heterocycles. The van der Waals surface area contributed by atoms with Gasteiger partial charge in [-0.1, -0.05) is 50.6 Å². The fourth-order valence-corrected chi connectivity index (χ4v) is 2.28. The molecule has 2 aromatic rings. The van der Waals surface area contributed by atoms with Gasteiger partial charge >= 0.3 is 0 Å². The van der Waals surface area contributed by atoms with Crippen molar-refractivity contribution < 1.29 is 9.59 Å². The second-order valence-electron chi connectivity index (χ2n) is 5.30. The number of hydrogen-bond acceptors (Lipinski definition) is 2. The van der Waals surface area contributed by atoms with Crippen LogP contribution in [0.5, 0.6) is 0 Å². The van der Waals surface area contributed by atoms with Gasteiger partial charge < -0.3 is 11.1 Å². The van der Waals surface area contributed by atoms with Gasteiger partial charge in [0.25, 0.3) is 5.91 Å². The van der Waals surface area contributed by atoms with E-state index in [-0.39, 0.29) is 11.8 Å². The van der Waals surface area contributed by atoms with Crippen LogP contribution >= 0.6 is 0 Å². The zero-order valence-corrected chi connectivity index (χ0v) is 12.3. The predicted molar refractivity (Wildman–Crippen MR) is 83.9 cm³/mol. The second-order valence-corrected chi connectivity index (χ2v) is 5.30. The largest absolute Gasteiger partial charge is 0.368 e. The van der Waals surface area contributed by atoms with Crippen LogP contribution in [0.1, 0.15) is 30.6 Å². The van der Waals surface area contributed by atoms with Crippen molar-refractivity contribution in [3.8, 4) is 0 Å². The Hall–Kier alpha value is -2.36. The summed E-state index contributed by atoms with van der Waals surface area (Å²) in [5.41, 5.74) is 5.91. The number of amides is 2. The van der Waals surface area contributed by atoms with E-state index in [4.69, 9.17) is 5.73 Å². The Morgan fingerprint density at radius 1 is 1.14 bits per heavy atom. The Balaban J connectivity index is 2.23. The number of benzene rings is 2. The first-order chi connectivity index (χ1) is 10.0. The molecule has 2 rings (SSSR count). The summed E-state index contributed by atoms with van der Waals surface area (Å²) < 4.78 is 0. The number of fused-ring (bicyclic) bond motifs is 1. The van der Waals surface area contributed by atoms with Crippen molar-refractivity contribution in [2.24, 2.45) is 11.7 Å². The molecule has 21 heavy (non-hydrogen) atoms. The lowest BCUT2D eigenvalue weighted by Gasteiger charge is -2.21. The molecule has 2 atom stereocenters. The minimum atomic E-state index is -0.644. The Labute approximate surface area is 124 Å². The van der Waals surface area contributed by atoms with Gasteiger partial charge in [0.05, 0.1) is 0 Å². The van der Waals surface area contributed by atoms with E-state index in [9.17, 15) is 9.59 Å². The van der Waals surface area contributed by atoms with E-state index in [1.54, 1.807) is 6.07 Å². The van der Waals surface area contributed by atoms with Crippen molar-refractivity contribution in [2.45, 2.75) is 26.3 Å². The molecule has 0 aromatic heterocycles. The van der Waals surface area contributed by atoms with E-state index >= 15 is 0 Å². The van der Waals surface area contributed by atoms with Crippen molar-refractivity contribution in [2.75, 3.05) is 0 Å². The van der Waals surface area contributed by atoms with Crippen molar-refractivity contribution >= 4 is 22.6 Å². The highest BCUT2D eigenvalue weighted by molar-refractivity contribution is 6.00. The maximum Gasteiger partial charge on any atom is 0.251 e. The third-order valence-corrected chi connectivity index (χ3v) is 3.82. The van der Waals surface area contributed by atoms with Gasteiger partial charge in [-0.05, 0) is 28.8 Å². The van der Waals surface area contributed by atoms with E-state index in [1.807, 2.05) is 50.2 Å². The van der Waals surface area contributed by atoms with E-state index < -0.39 is 11.9 Å². The average molecular weight is 284 g/mol. The molecule has 4 heteroatoms. The summed E-state index contributed by atoms with van der Waals surface area (Å²) in [6, 6.07) is 12.6. The molecule has 0 saturated heterocycles. The molecule has 0 saturated carbocycles. The first kappa shape index (κ1) is 15.0. The number of carbonyl (C=O) groups is 2. The van der Waals surface area contributed by atoms with E-state index in [0.29, 0.717) is 5.56 Å². The predicted octanol–water partition coefficient (Wildman–Crippen LogP) is 2.47. The van der Waals surface area contributed by atoms with Gasteiger partial charge in [0.2, 0.25) is 5.91 Å². The molecule has 110 valence electrons. The number of carbonyl (C=O) groups excluding carboxylic acids is 2. The highest BCUT2D eigenvalue weighted by Gasteiger charge is 2.24. The summed E-state index contributed by atoms with van der Waals surface area (Å²) in [4.78, 5) is 23.8. The van der Waals surface area contributed by atoms with Gasteiger partial charge in [-0.2, -0.15) is 0 Å². The average Bonchev–Trinajstić information content (AvgIpc) is 2.50. The zero-order valence-electron chi connectivity index (χ0n) is 12.3. The summed E-state index contributed by atoms with van der Waals surface area (Å²) in [6.07, 6.45) is 0.769. The van der Waals surface area contributed by atoms with Gasteiger partial charge in [0, 0.05) is 5.56 Å². The molecule has 3 N–H and O–H groups in total. The lowest BCUT2D eigenvalue weighted by atomic mass is 9.98. The summed E-state index contributed by atoms with van der Waals surface area (Å²) in [5.74, 6) is -0.768. The van der Waals surface area contributed by atoms with Gasteiger partial charge in [0.1, 0.15) is 6.04 Å². The molecule has 0 spiro atoms. The molecular formula is C17H20N2O2. The van der Waals surface area contributed by atoms with E-state index in [0.717, 1.165) is 17.2 Å². The SMILES string of the molecule is CC[C@@H](C)[C@H](NC(=O)c1ccc2ccccc2c1)C(N)=O. The minimum absolute atomic E-state index is 0.00639. The smallest absolute Gasteiger partial charge is 0.251 e. The Kier molecular flexibility index (Phi) is 4.58. The fourth-order valence-electron chi connectivity index (χ4n) is 2.28. The number of rotatable bonds is 5. The van der Waals surface area contributed by atoms with Crippen molar-refractivity contribution in [3.05, 3.63) is 48.0 Å². The van der Waals surface area contributed by atoms with Gasteiger partial charge in [-0.3, -0.25) is 9.59 Å². The zero-order chi connectivity index (χ0) is 15.4. The van der Waals surface area contributed by atoms with Crippen LogP contribution in [-0.2, 0) is 4.79 Å². The monoisotopic (exact) mass is 284 g/mol. The summed E-state index contributed by atoms with van der Waals surface area (Å²) >= 11 is 0. The van der Waals surface area contributed by atoms with Crippen LogP contribution in [0.3, 0.4) is 0 Å². The van der Waals surface area contributed by atoms with Gasteiger partial charge in [-0.25, -0.2) is 0 Å². The van der Waals surface area contributed by atoms with Crippen molar-refractivity contribution in [1.29, 1.82) is 0 Å². The lowest BCUT2D eigenvalue weighted by Crippen LogP contribution is -2.48. The Bertz CT molecular complexity index is 667. The molecule has 0 radical (unpaired) electrons. The van der Waals surface area contributed by atoms with Crippen LogP contribution in [-0.4, -0.2) is 17.9 Å². The van der Waals surface area contributed by atoms with E-state index in [2.05, 4.69) is 5.32 Å². The maximum atomic E-state index is 12.3.